The van der Waals surface area contributed by atoms with Crippen molar-refractivity contribution < 1.29 is 13.2 Å². The normalized spacial score (nSPS) is 22.6. The predicted molar refractivity (Wildman–Crippen MR) is 109 cm³/mol. The maximum atomic E-state index is 13.0. The van der Waals surface area contributed by atoms with Crippen molar-refractivity contribution in [3.63, 3.8) is 0 Å². The summed E-state index contributed by atoms with van der Waals surface area (Å²) in [5.41, 5.74) is 2.58. The van der Waals surface area contributed by atoms with Crippen LogP contribution < -0.4 is 0 Å². The van der Waals surface area contributed by atoms with Crippen molar-refractivity contribution in [3.05, 3.63) is 42.0 Å². The van der Waals surface area contributed by atoms with Crippen LogP contribution in [0.1, 0.15) is 32.3 Å². The molecule has 0 N–H and O–H groups in total. The minimum Gasteiger partial charge on any atom is -0.337 e. The maximum absolute atomic E-state index is 13.0. The zero-order valence-corrected chi connectivity index (χ0v) is 17.1. The number of hydrogen-bond donors (Lipinski definition) is 0. The number of sulfone groups is 1. The third kappa shape index (κ3) is 5.42. The van der Waals surface area contributed by atoms with Gasteiger partial charge in [0.25, 0.3) is 0 Å². The van der Waals surface area contributed by atoms with E-state index in [4.69, 9.17) is 0 Å². The van der Waals surface area contributed by atoms with Gasteiger partial charge in [-0.3, -0.25) is 9.69 Å². The lowest BCUT2D eigenvalue weighted by Crippen LogP contribution is -2.48. The van der Waals surface area contributed by atoms with E-state index in [9.17, 15) is 13.2 Å². The monoisotopic (exact) mass is 390 g/mol. The first kappa shape index (κ1) is 20.1. The number of amides is 1. The fraction of sp³-hybridized carbons (Fsp3) is 0.571. The van der Waals surface area contributed by atoms with Gasteiger partial charge in [-0.25, -0.2) is 8.42 Å². The molecular weight excluding hydrogens is 360 g/mol. The SMILES string of the molecule is CC(C)CN(C(=O)CN1CC=C(c2ccccc2)CC1)[C@@H]1CCS(=O)(=O)C1. The van der Waals surface area contributed by atoms with Gasteiger partial charge in [-0.15, -0.1) is 0 Å². The van der Waals surface area contributed by atoms with E-state index in [1.807, 2.05) is 23.1 Å². The first-order valence-electron chi connectivity index (χ1n) is 9.81. The van der Waals surface area contributed by atoms with Crippen molar-refractivity contribution >= 4 is 21.3 Å². The molecule has 0 saturated carbocycles. The standard InChI is InChI=1S/C21H30N2O3S/c1-17(2)14-23(20-10-13-27(25,26)16-20)21(24)15-22-11-8-19(9-12-22)18-6-4-3-5-7-18/h3-8,17,20H,9-16H2,1-2H3/t20-/m1/s1. The van der Waals surface area contributed by atoms with Crippen LogP contribution in [0.2, 0.25) is 0 Å². The molecule has 6 heteroatoms. The molecule has 0 bridgehead atoms. The quantitative estimate of drug-likeness (QED) is 0.749. The molecule has 0 aliphatic carbocycles. The van der Waals surface area contributed by atoms with E-state index in [-0.39, 0.29) is 23.5 Å². The molecule has 148 valence electrons. The Morgan fingerprint density at radius 3 is 2.56 bits per heavy atom. The fourth-order valence-corrected chi connectivity index (χ4v) is 5.65. The maximum Gasteiger partial charge on any atom is 0.237 e. The molecule has 1 aromatic rings. The number of carbonyl (C=O) groups is 1. The first-order valence-corrected chi connectivity index (χ1v) is 11.6. The molecule has 0 spiro atoms. The van der Waals surface area contributed by atoms with Crippen LogP contribution in [0.4, 0.5) is 0 Å². The Balaban J connectivity index is 1.62. The molecule has 1 atom stereocenters. The van der Waals surface area contributed by atoms with Crippen LogP contribution in [0.25, 0.3) is 5.57 Å². The molecule has 1 aromatic carbocycles. The molecule has 5 nitrogen and oxygen atoms in total. The highest BCUT2D eigenvalue weighted by molar-refractivity contribution is 7.91. The summed E-state index contributed by atoms with van der Waals surface area (Å²) in [6.45, 7) is 6.73. The summed E-state index contributed by atoms with van der Waals surface area (Å²) in [6, 6.07) is 10.2. The van der Waals surface area contributed by atoms with Gasteiger partial charge in [0, 0.05) is 25.7 Å². The molecule has 1 fully saturated rings. The molecule has 27 heavy (non-hydrogen) atoms. The van der Waals surface area contributed by atoms with Gasteiger partial charge in [0.15, 0.2) is 9.84 Å². The lowest BCUT2D eigenvalue weighted by Gasteiger charge is -2.33. The number of rotatable bonds is 6. The van der Waals surface area contributed by atoms with Crippen molar-refractivity contribution in [2.45, 2.75) is 32.7 Å². The Kier molecular flexibility index (Phi) is 6.37. The van der Waals surface area contributed by atoms with Crippen LogP contribution in [-0.4, -0.2) is 67.9 Å². The summed E-state index contributed by atoms with van der Waals surface area (Å²) in [7, 11) is -3.00. The van der Waals surface area contributed by atoms with E-state index in [2.05, 4.69) is 37.0 Å². The van der Waals surface area contributed by atoms with Crippen molar-refractivity contribution in [1.29, 1.82) is 0 Å². The average molecular weight is 391 g/mol. The second-order valence-corrected chi connectivity index (χ2v) is 10.3. The first-order chi connectivity index (χ1) is 12.8. The molecule has 0 aromatic heterocycles. The number of carbonyl (C=O) groups excluding carboxylic acids is 1. The summed E-state index contributed by atoms with van der Waals surface area (Å²) >= 11 is 0. The largest absolute Gasteiger partial charge is 0.337 e. The highest BCUT2D eigenvalue weighted by Crippen LogP contribution is 2.23. The highest BCUT2D eigenvalue weighted by atomic mass is 32.2. The van der Waals surface area contributed by atoms with E-state index >= 15 is 0 Å². The average Bonchev–Trinajstić information content (AvgIpc) is 3.00. The molecule has 1 amide bonds. The van der Waals surface area contributed by atoms with Crippen molar-refractivity contribution in [2.75, 3.05) is 37.7 Å². The van der Waals surface area contributed by atoms with Crippen molar-refractivity contribution in [3.8, 4) is 0 Å². The Morgan fingerprint density at radius 2 is 2.00 bits per heavy atom. The highest BCUT2D eigenvalue weighted by Gasteiger charge is 2.35. The van der Waals surface area contributed by atoms with E-state index in [0.717, 1.165) is 19.5 Å². The van der Waals surface area contributed by atoms with Gasteiger partial charge in [0.2, 0.25) is 5.91 Å². The molecule has 2 heterocycles. The number of hydrogen-bond acceptors (Lipinski definition) is 4. The Morgan fingerprint density at radius 1 is 1.26 bits per heavy atom. The van der Waals surface area contributed by atoms with E-state index in [0.29, 0.717) is 25.4 Å². The lowest BCUT2D eigenvalue weighted by atomic mass is 9.99. The summed E-state index contributed by atoms with van der Waals surface area (Å²) in [6.07, 6.45) is 3.71. The van der Waals surface area contributed by atoms with Crippen LogP contribution in [0.15, 0.2) is 36.4 Å². The number of nitrogens with zero attached hydrogens (tertiary/aromatic N) is 2. The minimum absolute atomic E-state index is 0.0577. The topological polar surface area (TPSA) is 57.7 Å². The Bertz CT molecular complexity index is 787. The summed E-state index contributed by atoms with van der Waals surface area (Å²) in [5.74, 6) is 0.696. The Labute approximate surface area is 163 Å². The lowest BCUT2D eigenvalue weighted by molar-refractivity contribution is -0.134. The molecule has 1 saturated heterocycles. The van der Waals surface area contributed by atoms with Crippen LogP contribution in [0, 0.1) is 5.92 Å². The van der Waals surface area contributed by atoms with Crippen molar-refractivity contribution in [2.24, 2.45) is 5.92 Å². The van der Waals surface area contributed by atoms with Gasteiger partial charge in [0.05, 0.1) is 18.1 Å². The Hall–Kier alpha value is -1.66. The van der Waals surface area contributed by atoms with Gasteiger partial charge < -0.3 is 4.90 Å². The third-order valence-corrected chi connectivity index (χ3v) is 7.08. The van der Waals surface area contributed by atoms with Crippen molar-refractivity contribution in [1.82, 2.24) is 9.80 Å². The fourth-order valence-electron chi connectivity index (χ4n) is 3.92. The van der Waals surface area contributed by atoms with E-state index in [1.165, 1.54) is 11.1 Å². The second-order valence-electron chi connectivity index (χ2n) is 8.08. The zero-order chi connectivity index (χ0) is 19.4. The van der Waals surface area contributed by atoms with Gasteiger partial charge in [-0.2, -0.15) is 0 Å². The molecule has 0 radical (unpaired) electrons. The molecule has 0 unspecified atom stereocenters. The second kappa shape index (κ2) is 8.57. The summed E-state index contributed by atoms with van der Waals surface area (Å²) in [4.78, 5) is 16.9. The van der Waals surface area contributed by atoms with Crippen LogP contribution in [0.5, 0.6) is 0 Å². The molecular formula is C21H30N2O3S. The number of benzene rings is 1. The smallest absolute Gasteiger partial charge is 0.237 e. The van der Waals surface area contributed by atoms with Crippen LogP contribution in [-0.2, 0) is 14.6 Å². The van der Waals surface area contributed by atoms with E-state index in [1.54, 1.807) is 0 Å². The molecule has 3 rings (SSSR count). The summed E-state index contributed by atoms with van der Waals surface area (Å²) in [5, 5.41) is 0. The van der Waals surface area contributed by atoms with Gasteiger partial charge in [-0.1, -0.05) is 50.3 Å². The zero-order valence-electron chi connectivity index (χ0n) is 16.3. The molecule has 2 aliphatic heterocycles. The minimum atomic E-state index is -3.00. The predicted octanol–water partition coefficient (Wildman–Crippen LogP) is 2.45. The van der Waals surface area contributed by atoms with Crippen LogP contribution >= 0.6 is 0 Å². The van der Waals surface area contributed by atoms with Gasteiger partial charge in [-0.05, 0) is 29.9 Å². The third-order valence-electron chi connectivity index (χ3n) is 5.33. The van der Waals surface area contributed by atoms with Gasteiger partial charge >= 0.3 is 0 Å². The van der Waals surface area contributed by atoms with Gasteiger partial charge in [0.1, 0.15) is 0 Å². The van der Waals surface area contributed by atoms with Crippen LogP contribution in [0.3, 0.4) is 0 Å². The summed E-state index contributed by atoms with van der Waals surface area (Å²) < 4.78 is 23.7. The van der Waals surface area contributed by atoms with E-state index < -0.39 is 9.84 Å². The molecule has 2 aliphatic rings.